The van der Waals surface area contributed by atoms with Crippen molar-refractivity contribution >= 4 is 35.3 Å². The van der Waals surface area contributed by atoms with Crippen molar-refractivity contribution in [2.24, 2.45) is 5.10 Å². The molecule has 0 fully saturated rings. The Labute approximate surface area is 143 Å². The van der Waals surface area contributed by atoms with Crippen LogP contribution in [-0.2, 0) is 0 Å². The maximum Gasteiger partial charge on any atom is 0.272 e. The van der Waals surface area contributed by atoms with Crippen LogP contribution in [-0.4, -0.2) is 26.3 Å². The van der Waals surface area contributed by atoms with Gasteiger partial charge in [-0.3, -0.25) is 4.79 Å². The minimum Gasteiger partial charge on any atom is -0.493 e. The van der Waals surface area contributed by atoms with Crippen LogP contribution < -0.4 is 14.9 Å². The summed E-state index contributed by atoms with van der Waals surface area (Å²) in [7, 11) is 3.10. The number of benzene rings is 2. The van der Waals surface area contributed by atoms with E-state index >= 15 is 0 Å². The fourth-order valence-electron chi connectivity index (χ4n) is 1.83. The molecule has 0 saturated carbocycles. The van der Waals surface area contributed by atoms with Crippen LogP contribution in [0.2, 0.25) is 10.0 Å². The van der Waals surface area contributed by atoms with Crippen LogP contribution in [0.3, 0.4) is 0 Å². The molecule has 0 spiro atoms. The lowest BCUT2D eigenvalue weighted by Crippen LogP contribution is -2.18. The molecule has 1 N–H and O–H groups in total. The molecule has 2 aromatic carbocycles. The summed E-state index contributed by atoms with van der Waals surface area (Å²) in [5.74, 6) is 0.758. The number of ether oxygens (including phenoxy) is 2. The van der Waals surface area contributed by atoms with Crippen LogP contribution in [0.25, 0.3) is 0 Å². The minimum absolute atomic E-state index is 0.260. The number of amides is 1. The minimum atomic E-state index is -0.427. The van der Waals surface area contributed by atoms with Crippen LogP contribution >= 0.6 is 23.2 Å². The molecule has 2 aromatic rings. The van der Waals surface area contributed by atoms with E-state index in [0.717, 1.165) is 5.56 Å². The molecule has 23 heavy (non-hydrogen) atoms. The maximum atomic E-state index is 12.0. The largest absolute Gasteiger partial charge is 0.493 e. The number of methoxy groups -OCH3 is 2. The molecule has 0 heterocycles. The average Bonchev–Trinajstić information content (AvgIpc) is 2.54. The summed E-state index contributed by atoms with van der Waals surface area (Å²) in [6.07, 6.45) is 1.49. The lowest BCUT2D eigenvalue weighted by Gasteiger charge is -2.07. The first-order chi connectivity index (χ1) is 11.0. The Bertz CT molecular complexity index is 748. The third-order valence-electron chi connectivity index (χ3n) is 2.96. The fraction of sp³-hybridized carbons (Fsp3) is 0.125. The molecule has 120 valence electrons. The van der Waals surface area contributed by atoms with Crippen molar-refractivity contribution in [2.75, 3.05) is 14.2 Å². The van der Waals surface area contributed by atoms with E-state index in [0.29, 0.717) is 22.1 Å². The topological polar surface area (TPSA) is 59.9 Å². The molecule has 0 radical (unpaired) electrons. The molecule has 0 bridgehead atoms. The molecule has 0 aliphatic carbocycles. The highest BCUT2D eigenvalue weighted by Gasteiger charge is 2.09. The average molecular weight is 353 g/mol. The zero-order valence-corrected chi connectivity index (χ0v) is 14.0. The summed E-state index contributed by atoms with van der Waals surface area (Å²) in [6, 6.07) is 9.89. The van der Waals surface area contributed by atoms with E-state index in [4.69, 9.17) is 32.7 Å². The molecule has 0 unspecified atom stereocenters. The van der Waals surface area contributed by atoms with E-state index in [9.17, 15) is 4.79 Å². The molecule has 2 rings (SSSR count). The number of carbonyl (C=O) groups is 1. The molecular formula is C16H14Cl2N2O3. The first-order valence-corrected chi connectivity index (χ1v) is 7.31. The van der Waals surface area contributed by atoms with Gasteiger partial charge in [0, 0.05) is 5.02 Å². The fourth-order valence-corrected chi connectivity index (χ4v) is 2.33. The number of hydrogen-bond acceptors (Lipinski definition) is 4. The zero-order valence-electron chi connectivity index (χ0n) is 12.5. The van der Waals surface area contributed by atoms with Crippen molar-refractivity contribution in [3.8, 4) is 11.5 Å². The number of rotatable bonds is 5. The van der Waals surface area contributed by atoms with Gasteiger partial charge in [-0.1, -0.05) is 23.2 Å². The molecule has 0 atom stereocenters. The van der Waals surface area contributed by atoms with Crippen LogP contribution in [0, 0.1) is 0 Å². The molecule has 7 heteroatoms. The second-order valence-electron chi connectivity index (χ2n) is 4.44. The number of carbonyl (C=O) groups excluding carboxylic acids is 1. The van der Waals surface area contributed by atoms with E-state index in [1.165, 1.54) is 18.3 Å². The Kier molecular flexibility index (Phi) is 5.84. The van der Waals surface area contributed by atoms with Crippen LogP contribution in [0.4, 0.5) is 0 Å². The molecule has 0 aliphatic heterocycles. The Hall–Kier alpha value is -2.24. The molecule has 0 aromatic heterocycles. The van der Waals surface area contributed by atoms with Gasteiger partial charge in [-0.15, -0.1) is 0 Å². The normalized spacial score (nSPS) is 10.6. The predicted octanol–water partition coefficient (Wildman–Crippen LogP) is 3.77. The van der Waals surface area contributed by atoms with Crippen LogP contribution in [0.1, 0.15) is 15.9 Å². The predicted molar refractivity (Wildman–Crippen MR) is 91.1 cm³/mol. The lowest BCUT2D eigenvalue weighted by molar-refractivity contribution is 0.0955. The monoisotopic (exact) mass is 352 g/mol. The van der Waals surface area contributed by atoms with E-state index in [-0.39, 0.29) is 5.02 Å². The molecule has 0 saturated heterocycles. The van der Waals surface area contributed by atoms with Crippen molar-refractivity contribution in [3.63, 3.8) is 0 Å². The zero-order chi connectivity index (χ0) is 16.8. The molecular weight excluding hydrogens is 339 g/mol. The summed E-state index contributed by atoms with van der Waals surface area (Å²) < 4.78 is 10.3. The second kappa shape index (κ2) is 7.85. The molecule has 5 nitrogen and oxygen atoms in total. The summed E-state index contributed by atoms with van der Waals surface area (Å²) in [6.45, 7) is 0. The first-order valence-electron chi connectivity index (χ1n) is 6.55. The van der Waals surface area contributed by atoms with Gasteiger partial charge in [0.25, 0.3) is 5.91 Å². The number of halogens is 2. The van der Waals surface area contributed by atoms with E-state index in [1.807, 2.05) is 0 Å². The summed E-state index contributed by atoms with van der Waals surface area (Å²) in [4.78, 5) is 12.0. The first kappa shape index (κ1) is 17.1. The standard InChI is InChI=1S/C16H14Cl2N2O3/c1-22-14-6-3-10(7-15(14)23-2)9-19-20-16(21)12-5-4-11(17)8-13(12)18/h3-9H,1-2H3,(H,20,21)/b19-9-. The Morgan fingerprint density at radius 1 is 1.09 bits per heavy atom. The SMILES string of the molecule is COc1ccc(/C=N\NC(=O)c2ccc(Cl)cc2Cl)cc1OC. The van der Waals surface area contributed by atoms with Crippen molar-refractivity contribution < 1.29 is 14.3 Å². The summed E-state index contributed by atoms with van der Waals surface area (Å²) in [5.41, 5.74) is 3.44. The van der Waals surface area contributed by atoms with Gasteiger partial charge in [0.2, 0.25) is 0 Å². The smallest absolute Gasteiger partial charge is 0.272 e. The summed E-state index contributed by atoms with van der Waals surface area (Å²) >= 11 is 11.8. The maximum absolute atomic E-state index is 12.0. The highest BCUT2D eigenvalue weighted by atomic mass is 35.5. The van der Waals surface area contributed by atoms with Gasteiger partial charge in [0.1, 0.15) is 0 Å². The van der Waals surface area contributed by atoms with Gasteiger partial charge < -0.3 is 9.47 Å². The van der Waals surface area contributed by atoms with Gasteiger partial charge in [0.05, 0.1) is 31.0 Å². The number of nitrogens with zero attached hydrogens (tertiary/aromatic N) is 1. The number of nitrogens with one attached hydrogen (secondary N) is 1. The van der Waals surface area contributed by atoms with Crippen molar-refractivity contribution in [1.82, 2.24) is 5.43 Å². The van der Waals surface area contributed by atoms with Gasteiger partial charge in [-0.2, -0.15) is 5.10 Å². The van der Waals surface area contributed by atoms with Crippen LogP contribution in [0.15, 0.2) is 41.5 Å². The Morgan fingerprint density at radius 3 is 2.48 bits per heavy atom. The van der Waals surface area contributed by atoms with Gasteiger partial charge in [-0.25, -0.2) is 5.43 Å². The Morgan fingerprint density at radius 2 is 1.83 bits per heavy atom. The number of hydrazone groups is 1. The quantitative estimate of drug-likeness (QED) is 0.658. The van der Waals surface area contributed by atoms with Crippen LogP contribution in [0.5, 0.6) is 11.5 Å². The molecule has 0 aliphatic rings. The lowest BCUT2D eigenvalue weighted by atomic mass is 10.2. The highest BCUT2D eigenvalue weighted by molar-refractivity contribution is 6.36. The van der Waals surface area contributed by atoms with Crippen molar-refractivity contribution in [2.45, 2.75) is 0 Å². The van der Waals surface area contributed by atoms with E-state index in [2.05, 4.69) is 10.5 Å². The Balaban J connectivity index is 2.08. The second-order valence-corrected chi connectivity index (χ2v) is 5.28. The van der Waals surface area contributed by atoms with E-state index in [1.54, 1.807) is 38.5 Å². The van der Waals surface area contributed by atoms with Crippen molar-refractivity contribution in [1.29, 1.82) is 0 Å². The third-order valence-corrected chi connectivity index (χ3v) is 3.51. The van der Waals surface area contributed by atoms with Gasteiger partial charge in [-0.05, 0) is 42.0 Å². The molecule has 1 amide bonds. The van der Waals surface area contributed by atoms with E-state index < -0.39 is 5.91 Å². The van der Waals surface area contributed by atoms with Gasteiger partial charge in [0.15, 0.2) is 11.5 Å². The summed E-state index contributed by atoms with van der Waals surface area (Å²) in [5, 5.41) is 4.62. The third kappa shape index (κ3) is 4.37. The number of hydrogen-bond donors (Lipinski definition) is 1. The van der Waals surface area contributed by atoms with Gasteiger partial charge >= 0.3 is 0 Å². The van der Waals surface area contributed by atoms with Crippen molar-refractivity contribution in [3.05, 3.63) is 57.6 Å². The highest BCUT2D eigenvalue weighted by Crippen LogP contribution is 2.26.